The summed E-state index contributed by atoms with van der Waals surface area (Å²) >= 11 is 0. The Hall–Kier alpha value is -0.800. The number of aliphatic hydroxyl groups excluding tert-OH is 4. The van der Waals surface area contributed by atoms with E-state index in [0.29, 0.717) is 52.9 Å². The van der Waals surface area contributed by atoms with Gasteiger partial charge in [0.2, 0.25) is 0 Å². The first-order chi connectivity index (χ1) is 46.8. The van der Waals surface area contributed by atoms with E-state index in [0.717, 1.165) is 205 Å². The van der Waals surface area contributed by atoms with Crippen molar-refractivity contribution in [1.29, 1.82) is 0 Å². The van der Waals surface area contributed by atoms with Crippen LogP contribution in [0.15, 0.2) is 0 Å². The molecule has 0 radical (unpaired) electrons. The molecule has 0 spiro atoms. The predicted molar refractivity (Wildman–Crippen MR) is 360 cm³/mol. The molecule has 8 saturated carbocycles. The van der Waals surface area contributed by atoms with E-state index in [4.69, 9.17) is 75.8 Å². The standard InChI is InChI=1S/C75H134O20/c76-41-71-72(77)73(78)74(79)75(95-71)94-70(54-92-68(50-88-64(42-80-56-25-9-1-10-26-56)43-81-57-27-11-2-12-28-57)51-89-65(44-82-58-29-13-3-14-30-58)45-83-59-31-15-4-16-32-59)55-93-69(52-90-66(46-84-60-33-17-5-18-34-60)47-85-61-35-19-6-20-36-61)53-91-67(48-86-62-37-21-7-22-38-62)49-87-63-39-23-8-24-40-63/h56-79H,1-55H2/t71-,72+,73+,74-,75-/m1/s1. The molecule has 20 heteroatoms. The highest BCUT2D eigenvalue weighted by Gasteiger charge is 2.45. The van der Waals surface area contributed by atoms with Gasteiger partial charge in [-0.3, -0.25) is 0 Å². The third-order valence-corrected chi connectivity index (χ3v) is 21.8. The maximum atomic E-state index is 11.6. The van der Waals surface area contributed by atoms with Crippen molar-refractivity contribution in [2.24, 2.45) is 0 Å². The zero-order valence-corrected chi connectivity index (χ0v) is 58.8. The van der Waals surface area contributed by atoms with Gasteiger partial charge in [-0.25, -0.2) is 0 Å². The largest absolute Gasteiger partial charge is 0.394 e. The highest BCUT2D eigenvalue weighted by molar-refractivity contribution is 4.90. The smallest absolute Gasteiger partial charge is 0.187 e. The second-order valence-corrected chi connectivity index (χ2v) is 29.9. The minimum absolute atomic E-state index is 0.107. The quantitative estimate of drug-likeness (QED) is 0.0444. The summed E-state index contributed by atoms with van der Waals surface area (Å²) in [6.45, 7) is 2.81. The summed E-state index contributed by atoms with van der Waals surface area (Å²) in [7, 11) is 0. The molecule has 1 saturated heterocycles. The van der Waals surface area contributed by atoms with Crippen molar-refractivity contribution in [3.63, 3.8) is 0 Å². The van der Waals surface area contributed by atoms with Gasteiger partial charge in [0.15, 0.2) is 6.29 Å². The molecule has 8 aliphatic carbocycles. The molecule has 0 aromatic heterocycles. The lowest BCUT2D eigenvalue weighted by Gasteiger charge is -2.41. The van der Waals surface area contributed by atoms with Crippen LogP contribution in [0.2, 0.25) is 0 Å². The van der Waals surface area contributed by atoms with E-state index >= 15 is 0 Å². The molecule has 9 aliphatic rings. The van der Waals surface area contributed by atoms with E-state index in [2.05, 4.69) is 0 Å². The van der Waals surface area contributed by atoms with Crippen LogP contribution in [0.4, 0.5) is 0 Å². The van der Waals surface area contributed by atoms with Crippen LogP contribution in [-0.2, 0) is 75.8 Å². The molecule has 9 fully saturated rings. The van der Waals surface area contributed by atoms with Gasteiger partial charge in [0.1, 0.15) is 67.1 Å². The molecular formula is C75H134O20. The molecular weight excluding hydrogens is 1220 g/mol. The maximum absolute atomic E-state index is 11.6. The molecule has 1 aliphatic heterocycles. The van der Waals surface area contributed by atoms with Crippen LogP contribution in [0, 0.1) is 0 Å². The Morgan fingerprint density at radius 1 is 0.232 bits per heavy atom. The molecule has 0 unspecified atom stereocenters. The normalized spacial score (nSPS) is 26.5. The average molecular weight is 1360 g/mol. The average Bonchev–Trinajstić information content (AvgIpc) is 2.71. The molecule has 0 bridgehead atoms. The number of aliphatic hydroxyl groups is 4. The molecule has 9 rings (SSSR count). The third kappa shape index (κ3) is 30.6. The topological polar surface area (TPSA) is 229 Å². The molecule has 0 aromatic rings. The van der Waals surface area contributed by atoms with Crippen LogP contribution in [0.5, 0.6) is 0 Å². The van der Waals surface area contributed by atoms with E-state index in [1.165, 1.54) is 51.4 Å². The van der Waals surface area contributed by atoms with Gasteiger partial charge >= 0.3 is 0 Å². The van der Waals surface area contributed by atoms with E-state index in [9.17, 15) is 20.4 Å². The van der Waals surface area contributed by atoms with Gasteiger partial charge in [0, 0.05) is 0 Å². The predicted octanol–water partition coefficient (Wildman–Crippen LogP) is 11.3. The van der Waals surface area contributed by atoms with Crippen LogP contribution in [0.1, 0.15) is 257 Å². The third-order valence-electron chi connectivity index (χ3n) is 21.8. The first-order valence-corrected chi connectivity index (χ1v) is 39.4. The summed E-state index contributed by atoms with van der Waals surface area (Å²) in [6.07, 6.45) is 35.0. The fourth-order valence-electron chi connectivity index (χ4n) is 15.6. The Kier molecular flexibility index (Phi) is 38.5. The van der Waals surface area contributed by atoms with Crippen LogP contribution in [-0.4, -0.2) is 242 Å². The van der Waals surface area contributed by atoms with Gasteiger partial charge in [0.05, 0.1) is 148 Å². The Balaban J connectivity index is 0.954. The van der Waals surface area contributed by atoms with Gasteiger partial charge in [0.25, 0.3) is 0 Å². The molecule has 5 atom stereocenters. The second-order valence-electron chi connectivity index (χ2n) is 29.9. The lowest BCUT2D eigenvalue weighted by atomic mass is 9.98. The minimum atomic E-state index is -1.67. The molecule has 20 nitrogen and oxygen atoms in total. The van der Waals surface area contributed by atoms with E-state index in [1.807, 2.05) is 0 Å². The molecule has 95 heavy (non-hydrogen) atoms. The first-order valence-electron chi connectivity index (χ1n) is 39.4. The molecule has 554 valence electrons. The van der Waals surface area contributed by atoms with Crippen molar-refractivity contribution in [3.05, 3.63) is 0 Å². The monoisotopic (exact) mass is 1350 g/mol. The van der Waals surface area contributed by atoms with Crippen molar-refractivity contribution in [3.8, 4) is 0 Å². The Morgan fingerprint density at radius 2 is 0.421 bits per heavy atom. The van der Waals surface area contributed by atoms with Gasteiger partial charge < -0.3 is 96.2 Å². The Bertz CT molecular complexity index is 1560. The second kappa shape index (κ2) is 46.7. The fraction of sp³-hybridized carbons (Fsp3) is 1.00. The summed E-state index contributed by atoms with van der Waals surface area (Å²) in [5.41, 5.74) is 0. The van der Waals surface area contributed by atoms with Crippen LogP contribution < -0.4 is 0 Å². The summed E-state index contributed by atoms with van der Waals surface area (Å²) in [4.78, 5) is 0. The first kappa shape index (κ1) is 78.3. The Morgan fingerprint density at radius 3 is 0.621 bits per heavy atom. The summed E-state index contributed by atoms with van der Waals surface area (Å²) in [6, 6.07) is 0. The summed E-state index contributed by atoms with van der Waals surface area (Å²) in [5.74, 6) is 0. The zero-order chi connectivity index (χ0) is 65.8. The van der Waals surface area contributed by atoms with Gasteiger partial charge in [-0.05, 0) is 103 Å². The van der Waals surface area contributed by atoms with Crippen molar-refractivity contribution in [2.45, 2.75) is 379 Å². The van der Waals surface area contributed by atoms with Gasteiger partial charge in [-0.1, -0.05) is 154 Å². The lowest BCUT2D eigenvalue weighted by molar-refractivity contribution is -0.318. The molecule has 4 N–H and O–H groups in total. The van der Waals surface area contributed by atoms with Crippen molar-refractivity contribution in [2.75, 3.05) is 99.1 Å². The summed E-state index contributed by atoms with van der Waals surface area (Å²) < 4.78 is 107. The number of hydrogen-bond acceptors (Lipinski definition) is 20. The van der Waals surface area contributed by atoms with E-state index < -0.39 is 55.6 Å². The zero-order valence-electron chi connectivity index (χ0n) is 58.8. The minimum Gasteiger partial charge on any atom is -0.394 e. The maximum Gasteiger partial charge on any atom is 0.187 e. The number of hydrogen-bond donors (Lipinski definition) is 4. The van der Waals surface area contributed by atoms with Crippen LogP contribution in [0.25, 0.3) is 0 Å². The van der Waals surface area contributed by atoms with Crippen molar-refractivity contribution < 1.29 is 96.2 Å². The fourth-order valence-corrected chi connectivity index (χ4v) is 15.6. The SMILES string of the molecule is OC[C@H]1O[C@@H](OC(COC(COC(COC2CCCCC2)COC2CCCCC2)COC(COC2CCCCC2)COC2CCCCC2)COC(COC(COC2CCCCC2)COC2CCCCC2)COC(COC2CCCCC2)COC2CCCCC2)[C@H](O)[C@@H](O)[C@H]1O. The van der Waals surface area contributed by atoms with Gasteiger partial charge in [-0.15, -0.1) is 0 Å². The van der Waals surface area contributed by atoms with E-state index in [1.54, 1.807) is 0 Å². The highest BCUT2D eigenvalue weighted by Crippen LogP contribution is 2.30. The number of ether oxygens (including phenoxy) is 16. The molecule has 0 aromatic carbocycles. The van der Waals surface area contributed by atoms with Gasteiger partial charge in [-0.2, -0.15) is 0 Å². The van der Waals surface area contributed by atoms with Crippen molar-refractivity contribution >= 4 is 0 Å². The highest BCUT2D eigenvalue weighted by atomic mass is 16.7. The van der Waals surface area contributed by atoms with Crippen LogP contribution in [0.3, 0.4) is 0 Å². The summed E-state index contributed by atoms with van der Waals surface area (Å²) in [5, 5.41) is 44.0. The van der Waals surface area contributed by atoms with Crippen molar-refractivity contribution in [1.82, 2.24) is 0 Å². The van der Waals surface area contributed by atoms with Crippen LogP contribution >= 0.6 is 0 Å². The molecule has 1 heterocycles. The van der Waals surface area contributed by atoms with E-state index in [-0.39, 0.29) is 113 Å². The Labute approximate surface area is 572 Å². The molecule has 0 amide bonds. The lowest BCUT2D eigenvalue weighted by Crippen LogP contribution is -2.60. The number of rotatable bonds is 45.